The monoisotopic (exact) mass is 296 g/mol. The van der Waals surface area contributed by atoms with E-state index in [-0.39, 0.29) is 29.8 Å². The van der Waals surface area contributed by atoms with Gasteiger partial charge in [-0.3, -0.25) is 9.59 Å². The Morgan fingerprint density at radius 2 is 1.85 bits per heavy atom. The molecule has 1 aliphatic rings. The molecule has 1 heterocycles. The number of sulfonamides is 1. The van der Waals surface area contributed by atoms with Crippen LogP contribution in [0.5, 0.6) is 0 Å². The number of carbonyl (C=O) groups is 2. The highest BCUT2D eigenvalue weighted by Gasteiger charge is 2.36. The second-order valence-electron chi connectivity index (χ2n) is 4.90. The normalized spacial score (nSPS) is 17.6. The first-order chi connectivity index (χ1) is 9.31. The Morgan fingerprint density at radius 1 is 1.25 bits per heavy atom. The summed E-state index contributed by atoms with van der Waals surface area (Å²) in [5, 5.41) is 2.74. The first-order valence-electron chi connectivity index (χ1n) is 6.28. The molecule has 0 saturated carbocycles. The van der Waals surface area contributed by atoms with E-state index in [1.807, 2.05) is 13.8 Å². The maximum atomic E-state index is 11.8. The minimum atomic E-state index is -3.56. The van der Waals surface area contributed by atoms with Crippen LogP contribution in [-0.4, -0.2) is 32.0 Å². The molecule has 0 unspecified atom stereocenters. The van der Waals surface area contributed by atoms with Gasteiger partial charge in [-0.1, -0.05) is 0 Å². The maximum absolute atomic E-state index is 11.8. The number of anilines is 1. The van der Waals surface area contributed by atoms with Gasteiger partial charge in [0.1, 0.15) is 0 Å². The number of amides is 2. The molecule has 20 heavy (non-hydrogen) atoms. The van der Waals surface area contributed by atoms with Gasteiger partial charge in [-0.25, -0.2) is 12.7 Å². The fraction of sp³-hybridized carbons (Fsp3) is 0.385. The minimum absolute atomic E-state index is 0.00206. The van der Waals surface area contributed by atoms with Crippen LogP contribution in [0, 0.1) is 0 Å². The fourth-order valence-electron chi connectivity index (χ4n) is 1.96. The second-order valence-corrected chi connectivity index (χ2v) is 6.84. The molecule has 1 saturated heterocycles. The zero-order chi connectivity index (χ0) is 14.9. The van der Waals surface area contributed by atoms with Crippen molar-refractivity contribution in [2.75, 3.05) is 10.1 Å². The Morgan fingerprint density at radius 3 is 2.30 bits per heavy atom. The predicted octanol–water partition coefficient (Wildman–Crippen LogP) is 0.891. The molecule has 1 aromatic rings. The first-order valence-corrected chi connectivity index (χ1v) is 7.89. The number of rotatable bonds is 3. The van der Waals surface area contributed by atoms with Crippen LogP contribution in [-0.2, 0) is 14.8 Å². The van der Waals surface area contributed by atoms with E-state index in [1.54, 1.807) is 0 Å². The molecule has 1 fully saturated rings. The van der Waals surface area contributed by atoms with Gasteiger partial charge >= 0.3 is 0 Å². The molecule has 2 rings (SSSR count). The molecule has 1 N–H and O–H groups in total. The van der Waals surface area contributed by atoms with Crippen LogP contribution in [0.15, 0.2) is 24.3 Å². The van der Waals surface area contributed by atoms with Gasteiger partial charge < -0.3 is 5.32 Å². The zero-order valence-corrected chi connectivity index (χ0v) is 12.1. The third-order valence-corrected chi connectivity index (χ3v) is 4.55. The van der Waals surface area contributed by atoms with Crippen molar-refractivity contribution < 1.29 is 18.0 Å². The van der Waals surface area contributed by atoms with Gasteiger partial charge in [0.25, 0.3) is 5.91 Å². The lowest BCUT2D eigenvalue weighted by atomic mass is 10.2. The lowest BCUT2D eigenvalue weighted by Crippen LogP contribution is -2.31. The van der Waals surface area contributed by atoms with E-state index >= 15 is 0 Å². The number of hydrogen-bond donors (Lipinski definition) is 1. The molecule has 0 spiro atoms. The van der Waals surface area contributed by atoms with Gasteiger partial charge in [0.2, 0.25) is 15.9 Å². The first kappa shape index (κ1) is 14.5. The smallest absolute Gasteiger partial charge is 0.251 e. The molecule has 1 aromatic carbocycles. The Labute approximate surface area is 117 Å². The van der Waals surface area contributed by atoms with Crippen molar-refractivity contribution in [2.45, 2.75) is 26.3 Å². The summed E-state index contributed by atoms with van der Waals surface area (Å²) in [6, 6.07) is 5.97. The predicted molar refractivity (Wildman–Crippen MR) is 74.9 cm³/mol. The topological polar surface area (TPSA) is 83.6 Å². The molecular weight excluding hydrogens is 280 g/mol. The van der Waals surface area contributed by atoms with E-state index in [0.29, 0.717) is 5.56 Å². The van der Waals surface area contributed by atoms with Crippen molar-refractivity contribution in [3.63, 3.8) is 0 Å². The second kappa shape index (κ2) is 5.24. The summed E-state index contributed by atoms with van der Waals surface area (Å²) >= 11 is 0. The van der Waals surface area contributed by atoms with Crippen molar-refractivity contribution in [1.29, 1.82) is 0 Å². The summed E-state index contributed by atoms with van der Waals surface area (Å²) in [5.74, 6) is -0.840. The van der Waals surface area contributed by atoms with E-state index < -0.39 is 15.9 Å². The van der Waals surface area contributed by atoms with Gasteiger partial charge in [-0.2, -0.15) is 0 Å². The zero-order valence-electron chi connectivity index (χ0n) is 11.3. The number of nitrogens with one attached hydrogen (secondary N) is 1. The van der Waals surface area contributed by atoms with Crippen LogP contribution in [0.25, 0.3) is 0 Å². The molecule has 0 aromatic heterocycles. The van der Waals surface area contributed by atoms with Gasteiger partial charge in [0.05, 0.1) is 11.4 Å². The Hall–Kier alpha value is -1.89. The molecule has 6 nitrogen and oxygen atoms in total. The van der Waals surface area contributed by atoms with Crippen molar-refractivity contribution in [1.82, 2.24) is 5.32 Å². The Bertz CT molecular complexity index is 635. The fourth-order valence-corrected chi connectivity index (χ4v) is 3.42. The summed E-state index contributed by atoms with van der Waals surface area (Å²) in [7, 11) is -3.56. The standard InChI is InChI=1S/C13H16N2O4S/c1-9(2)14-13(17)10-3-5-11(6-4-10)15-12(16)7-8-20(15,18)19/h3-6,9H,7-8H2,1-2H3,(H,14,17). The van der Waals surface area contributed by atoms with Crippen LogP contribution >= 0.6 is 0 Å². The lowest BCUT2D eigenvalue weighted by molar-refractivity contribution is -0.116. The maximum Gasteiger partial charge on any atom is 0.251 e. The molecule has 0 aliphatic carbocycles. The molecule has 7 heteroatoms. The summed E-state index contributed by atoms with van der Waals surface area (Å²) in [4.78, 5) is 23.4. The van der Waals surface area contributed by atoms with Crippen LogP contribution in [0.1, 0.15) is 30.6 Å². The van der Waals surface area contributed by atoms with Gasteiger partial charge in [0.15, 0.2) is 0 Å². The summed E-state index contributed by atoms with van der Waals surface area (Å²) in [6.45, 7) is 3.70. The quantitative estimate of drug-likeness (QED) is 0.898. The van der Waals surface area contributed by atoms with Gasteiger partial charge in [0, 0.05) is 18.0 Å². The summed E-state index contributed by atoms with van der Waals surface area (Å²) < 4.78 is 24.3. The largest absolute Gasteiger partial charge is 0.350 e. The molecule has 108 valence electrons. The molecular formula is C13H16N2O4S. The van der Waals surface area contributed by atoms with Crippen LogP contribution < -0.4 is 9.62 Å². The van der Waals surface area contributed by atoms with Crippen molar-refractivity contribution in [3.8, 4) is 0 Å². The van der Waals surface area contributed by atoms with Crippen LogP contribution in [0.4, 0.5) is 5.69 Å². The van der Waals surface area contributed by atoms with E-state index in [4.69, 9.17) is 0 Å². The Balaban J connectivity index is 2.25. The van der Waals surface area contributed by atoms with E-state index in [9.17, 15) is 18.0 Å². The Kier molecular flexibility index (Phi) is 3.80. The van der Waals surface area contributed by atoms with Crippen molar-refractivity contribution in [3.05, 3.63) is 29.8 Å². The van der Waals surface area contributed by atoms with Crippen molar-refractivity contribution in [2.24, 2.45) is 0 Å². The van der Waals surface area contributed by atoms with Gasteiger partial charge in [-0.05, 0) is 38.1 Å². The lowest BCUT2D eigenvalue weighted by Gasteiger charge is -2.15. The molecule has 0 bridgehead atoms. The van der Waals surface area contributed by atoms with Crippen LogP contribution in [0.3, 0.4) is 0 Å². The average molecular weight is 296 g/mol. The summed E-state index contributed by atoms with van der Waals surface area (Å²) in [6.07, 6.45) is -0.00206. The van der Waals surface area contributed by atoms with Gasteiger partial charge in [-0.15, -0.1) is 0 Å². The average Bonchev–Trinajstić information content (AvgIpc) is 2.63. The van der Waals surface area contributed by atoms with E-state index in [0.717, 1.165) is 4.31 Å². The third kappa shape index (κ3) is 2.82. The molecule has 1 aliphatic heterocycles. The number of carbonyl (C=O) groups excluding carboxylic acids is 2. The number of hydrogen-bond acceptors (Lipinski definition) is 4. The highest BCUT2D eigenvalue weighted by atomic mass is 32.2. The van der Waals surface area contributed by atoms with E-state index in [1.165, 1.54) is 24.3 Å². The van der Waals surface area contributed by atoms with E-state index in [2.05, 4.69) is 5.32 Å². The number of benzene rings is 1. The highest BCUT2D eigenvalue weighted by molar-refractivity contribution is 7.94. The number of nitrogens with zero attached hydrogens (tertiary/aromatic N) is 1. The third-order valence-electron chi connectivity index (χ3n) is 2.86. The molecule has 0 radical (unpaired) electrons. The molecule has 2 amide bonds. The summed E-state index contributed by atoms with van der Waals surface area (Å²) in [5.41, 5.74) is 0.695. The molecule has 0 atom stereocenters. The SMILES string of the molecule is CC(C)NC(=O)c1ccc(N2C(=O)CCS2(=O)=O)cc1. The van der Waals surface area contributed by atoms with Crippen molar-refractivity contribution >= 4 is 27.5 Å². The van der Waals surface area contributed by atoms with Crippen LogP contribution in [0.2, 0.25) is 0 Å². The minimum Gasteiger partial charge on any atom is -0.350 e. The highest BCUT2D eigenvalue weighted by Crippen LogP contribution is 2.25.